The van der Waals surface area contributed by atoms with Gasteiger partial charge in [-0.2, -0.15) is 0 Å². The van der Waals surface area contributed by atoms with Gasteiger partial charge in [-0.1, -0.05) is 6.58 Å². The number of nitrogens with zero attached hydrogens (tertiary/aromatic N) is 1. The van der Waals surface area contributed by atoms with Crippen LogP contribution in [0.15, 0.2) is 12.3 Å². The third-order valence-electron chi connectivity index (χ3n) is 1.48. The molecule has 1 N–H and O–H groups in total. The molecule has 5 heteroatoms. The van der Waals surface area contributed by atoms with E-state index in [1.165, 1.54) is 6.92 Å². The molecular formula is C7H8N2O3. The molecule has 1 aliphatic heterocycles. The molecule has 1 rings (SSSR count). The Labute approximate surface area is 69.0 Å². The fourth-order valence-corrected chi connectivity index (χ4v) is 0.894. The van der Waals surface area contributed by atoms with Gasteiger partial charge in [0, 0.05) is 6.92 Å². The van der Waals surface area contributed by atoms with Crippen LogP contribution in [0.3, 0.4) is 0 Å². The van der Waals surface area contributed by atoms with Crippen molar-refractivity contribution < 1.29 is 14.4 Å². The Kier molecular flexibility index (Phi) is 1.95. The maximum Gasteiger partial charge on any atom is 0.276 e. The average molecular weight is 168 g/mol. The number of carbonyl (C=O) groups excluding carboxylic acids is 3. The summed E-state index contributed by atoms with van der Waals surface area (Å²) in [4.78, 5) is 33.6. The van der Waals surface area contributed by atoms with Crippen molar-refractivity contribution in [3.8, 4) is 0 Å². The Morgan fingerprint density at radius 2 is 2.17 bits per heavy atom. The highest BCUT2D eigenvalue weighted by molar-refractivity contribution is 6.10. The van der Waals surface area contributed by atoms with Crippen LogP contribution < -0.4 is 5.32 Å². The first-order chi connectivity index (χ1) is 5.52. The van der Waals surface area contributed by atoms with Crippen LogP contribution in [0.1, 0.15) is 6.92 Å². The SMILES string of the molecule is C=C1NC(=O)CN(C(C)=O)C1=O. The molecule has 5 nitrogen and oxygen atoms in total. The van der Waals surface area contributed by atoms with E-state index in [-0.39, 0.29) is 12.2 Å². The van der Waals surface area contributed by atoms with Crippen molar-refractivity contribution in [2.45, 2.75) is 6.92 Å². The number of hydrogen-bond acceptors (Lipinski definition) is 3. The number of hydrogen-bond donors (Lipinski definition) is 1. The van der Waals surface area contributed by atoms with E-state index in [9.17, 15) is 14.4 Å². The molecule has 0 unspecified atom stereocenters. The molecule has 0 bridgehead atoms. The van der Waals surface area contributed by atoms with Crippen molar-refractivity contribution in [1.29, 1.82) is 0 Å². The molecule has 12 heavy (non-hydrogen) atoms. The Morgan fingerprint density at radius 1 is 1.58 bits per heavy atom. The van der Waals surface area contributed by atoms with Crippen LogP contribution in [0.2, 0.25) is 0 Å². The van der Waals surface area contributed by atoms with Crippen molar-refractivity contribution in [1.82, 2.24) is 10.2 Å². The van der Waals surface area contributed by atoms with Crippen LogP contribution in [0.4, 0.5) is 0 Å². The Bertz CT molecular complexity index is 280. The molecule has 0 spiro atoms. The first kappa shape index (κ1) is 8.45. The van der Waals surface area contributed by atoms with Crippen LogP contribution in [0.5, 0.6) is 0 Å². The lowest BCUT2D eigenvalue weighted by Crippen LogP contribution is -2.51. The molecule has 0 saturated carbocycles. The monoisotopic (exact) mass is 168 g/mol. The van der Waals surface area contributed by atoms with Gasteiger partial charge in [0.05, 0.1) is 5.70 Å². The van der Waals surface area contributed by atoms with Crippen LogP contribution in [-0.2, 0) is 14.4 Å². The highest BCUT2D eigenvalue weighted by atomic mass is 16.2. The molecule has 0 aliphatic carbocycles. The Balaban J connectivity index is 2.87. The average Bonchev–Trinajstić information content (AvgIpc) is 1.96. The standard InChI is InChI=1S/C7H8N2O3/c1-4-7(12)9(5(2)10)3-6(11)8-4/h1,3H2,2H3,(H,8,11). The van der Waals surface area contributed by atoms with Crippen LogP contribution in [-0.4, -0.2) is 29.2 Å². The van der Waals surface area contributed by atoms with Gasteiger partial charge in [-0.3, -0.25) is 19.3 Å². The summed E-state index contributed by atoms with van der Waals surface area (Å²) in [6.45, 7) is 4.31. The maximum absolute atomic E-state index is 11.1. The highest BCUT2D eigenvalue weighted by Gasteiger charge is 2.28. The van der Waals surface area contributed by atoms with Gasteiger partial charge >= 0.3 is 0 Å². The zero-order valence-electron chi connectivity index (χ0n) is 6.59. The first-order valence-electron chi connectivity index (χ1n) is 3.33. The van der Waals surface area contributed by atoms with Gasteiger partial charge in [-0.05, 0) is 0 Å². The molecule has 0 aromatic heterocycles. The summed E-state index contributed by atoms with van der Waals surface area (Å²) in [5.74, 6) is -1.38. The summed E-state index contributed by atoms with van der Waals surface area (Å²) < 4.78 is 0. The van der Waals surface area contributed by atoms with Crippen molar-refractivity contribution >= 4 is 17.7 Å². The number of amides is 3. The topological polar surface area (TPSA) is 66.5 Å². The van der Waals surface area contributed by atoms with E-state index in [0.717, 1.165) is 4.90 Å². The summed E-state index contributed by atoms with van der Waals surface area (Å²) in [6.07, 6.45) is 0. The van der Waals surface area contributed by atoms with Gasteiger partial charge in [-0.15, -0.1) is 0 Å². The summed E-state index contributed by atoms with van der Waals surface area (Å²) >= 11 is 0. The third-order valence-corrected chi connectivity index (χ3v) is 1.48. The summed E-state index contributed by atoms with van der Waals surface area (Å²) in [6, 6.07) is 0. The van der Waals surface area contributed by atoms with Crippen molar-refractivity contribution in [3.05, 3.63) is 12.3 Å². The molecule has 0 aromatic rings. The quantitative estimate of drug-likeness (QED) is 0.472. The summed E-state index contributed by atoms with van der Waals surface area (Å²) in [5, 5.41) is 2.24. The minimum atomic E-state index is -0.540. The second-order valence-corrected chi connectivity index (χ2v) is 2.44. The van der Waals surface area contributed by atoms with E-state index in [0.29, 0.717) is 0 Å². The predicted octanol–water partition coefficient (Wildman–Crippen LogP) is -0.995. The number of nitrogens with one attached hydrogen (secondary N) is 1. The first-order valence-corrected chi connectivity index (χ1v) is 3.33. The lowest BCUT2D eigenvalue weighted by Gasteiger charge is -2.24. The lowest BCUT2D eigenvalue weighted by molar-refractivity contribution is -0.147. The van der Waals surface area contributed by atoms with E-state index >= 15 is 0 Å². The zero-order chi connectivity index (χ0) is 9.30. The Hall–Kier alpha value is -1.65. The number of piperazine rings is 1. The highest BCUT2D eigenvalue weighted by Crippen LogP contribution is 2.03. The van der Waals surface area contributed by atoms with E-state index in [4.69, 9.17) is 0 Å². The summed E-state index contributed by atoms with van der Waals surface area (Å²) in [7, 11) is 0. The smallest absolute Gasteiger partial charge is 0.276 e. The van der Waals surface area contributed by atoms with Gasteiger partial charge in [0.2, 0.25) is 11.8 Å². The molecule has 0 atom stereocenters. The van der Waals surface area contributed by atoms with E-state index in [1.54, 1.807) is 0 Å². The minimum Gasteiger partial charge on any atom is -0.320 e. The van der Waals surface area contributed by atoms with Crippen molar-refractivity contribution in [2.24, 2.45) is 0 Å². The largest absolute Gasteiger partial charge is 0.320 e. The number of imide groups is 1. The van der Waals surface area contributed by atoms with E-state index < -0.39 is 17.7 Å². The molecule has 1 aliphatic rings. The van der Waals surface area contributed by atoms with Crippen molar-refractivity contribution in [3.63, 3.8) is 0 Å². The molecule has 1 heterocycles. The van der Waals surface area contributed by atoms with Gasteiger partial charge in [-0.25, -0.2) is 0 Å². The number of carbonyl (C=O) groups is 3. The van der Waals surface area contributed by atoms with Gasteiger partial charge in [0.1, 0.15) is 6.54 Å². The second kappa shape index (κ2) is 2.77. The number of rotatable bonds is 0. The molecule has 0 radical (unpaired) electrons. The molecule has 64 valence electrons. The second-order valence-electron chi connectivity index (χ2n) is 2.44. The predicted molar refractivity (Wildman–Crippen MR) is 39.7 cm³/mol. The van der Waals surface area contributed by atoms with Crippen LogP contribution in [0, 0.1) is 0 Å². The summed E-state index contributed by atoms with van der Waals surface area (Å²) in [5.41, 5.74) is -0.0542. The fraction of sp³-hybridized carbons (Fsp3) is 0.286. The molecule has 3 amide bonds. The molecule has 0 aromatic carbocycles. The van der Waals surface area contributed by atoms with Gasteiger partial charge < -0.3 is 5.32 Å². The third kappa shape index (κ3) is 1.34. The minimum absolute atomic E-state index is 0.0542. The molecule has 1 fully saturated rings. The van der Waals surface area contributed by atoms with Crippen LogP contribution >= 0.6 is 0 Å². The molecular weight excluding hydrogens is 160 g/mol. The maximum atomic E-state index is 11.1. The molecule has 1 saturated heterocycles. The van der Waals surface area contributed by atoms with E-state index in [1.807, 2.05) is 0 Å². The lowest BCUT2D eigenvalue weighted by atomic mass is 10.3. The van der Waals surface area contributed by atoms with Crippen LogP contribution in [0.25, 0.3) is 0 Å². The normalized spacial score (nSPS) is 17.8. The van der Waals surface area contributed by atoms with Gasteiger partial charge in [0.25, 0.3) is 5.91 Å². The van der Waals surface area contributed by atoms with Crippen molar-refractivity contribution in [2.75, 3.05) is 6.54 Å². The Morgan fingerprint density at radius 3 is 2.67 bits per heavy atom. The van der Waals surface area contributed by atoms with E-state index in [2.05, 4.69) is 11.9 Å². The zero-order valence-corrected chi connectivity index (χ0v) is 6.59. The van der Waals surface area contributed by atoms with Gasteiger partial charge in [0.15, 0.2) is 0 Å². The fourth-order valence-electron chi connectivity index (χ4n) is 0.894.